The van der Waals surface area contributed by atoms with Gasteiger partial charge in [-0.15, -0.1) is 11.3 Å². The summed E-state index contributed by atoms with van der Waals surface area (Å²) in [5, 5.41) is 0.530. The van der Waals surface area contributed by atoms with E-state index < -0.39 is 6.16 Å². The summed E-state index contributed by atoms with van der Waals surface area (Å²) in [6, 6.07) is 25.9. The van der Waals surface area contributed by atoms with E-state index in [1.54, 1.807) is 38.7 Å². The van der Waals surface area contributed by atoms with Crippen molar-refractivity contribution in [3.05, 3.63) is 112 Å². The van der Waals surface area contributed by atoms with Crippen molar-refractivity contribution in [2.45, 2.75) is 33.0 Å². The van der Waals surface area contributed by atoms with Crippen molar-refractivity contribution in [2.75, 3.05) is 27.9 Å². The third kappa shape index (κ3) is 6.96. The number of hydrogen-bond donors (Lipinski definition) is 0. The largest absolute Gasteiger partial charge is 0.514 e. The smallest absolute Gasteiger partial charge is 0.497 e. The zero-order chi connectivity index (χ0) is 31.1. The Morgan fingerprint density at radius 3 is 2.32 bits per heavy atom. The monoisotopic (exact) mass is 612 g/mol. The minimum absolute atomic E-state index is 0.0676. The van der Waals surface area contributed by atoms with Gasteiger partial charge in [-0.3, -0.25) is 9.69 Å². The van der Waals surface area contributed by atoms with Gasteiger partial charge in [0, 0.05) is 24.5 Å². The molecule has 2 heterocycles. The minimum Gasteiger partial charge on any atom is -0.497 e. The predicted molar refractivity (Wildman–Crippen MR) is 174 cm³/mol. The van der Waals surface area contributed by atoms with Gasteiger partial charge in [-0.25, -0.2) is 4.79 Å². The van der Waals surface area contributed by atoms with Gasteiger partial charge in [0.25, 0.3) is 0 Å². The lowest BCUT2D eigenvalue weighted by Crippen LogP contribution is -2.21. The van der Waals surface area contributed by atoms with Crippen LogP contribution in [-0.4, -0.2) is 43.5 Å². The van der Waals surface area contributed by atoms with Gasteiger partial charge < -0.3 is 23.5 Å². The van der Waals surface area contributed by atoms with Crippen LogP contribution in [0.15, 0.2) is 89.9 Å². The number of pyridine rings is 1. The normalized spacial score (nSPS) is 11.1. The molecule has 0 saturated carbocycles. The van der Waals surface area contributed by atoms with Gasteiger partial charge in [-0.2, -0.15) is 0 Å². The van der Waals surface area contributed by atoms with E-state index in [0.29, 0.717) is 31.4 Å². The van der Waals surface area contributed by atoms with E-state index in [9.17, 15) is 9.59 Å². The molecule has 44 heavy (non-hydrogen) atoms. The molecule has 0 aliphatic heterocycles. The SMILES string of the molecule is CCOC(=O)Oc1cn(CCc2ccccc2OC)c2sc(-c3ccc(OC)cc3)c(CN(C)Cc3ccccc3)c2c1=O. The zero-order valence-electron chi connectivity index (χ0n) is 25.4. The third-order valence-electron chi connectivity index (χ3n) is 7.32. The van der Waals surface area contributed by atoms with Gasteiger partial charge in [0.15, 0.2) is 5.75 Å². The number of hydrogen-bond acceptors (Lipinski definition) is 8. The molecule has 9 heteroatoms. The molecule has 3 aromatic carbocycles. The molecule has 5 rings (SSSR count). The van der Waals surface area contributed by atoms with Crippen LogP contribution in [0.4, 0.5) is 4.79 Å². The van der Waals surface area contributed by atoms with E-state index in [1.165, 1.54) is 5.56 Å². The molecule has 0 aliphatic carbocycles. The number of carbonyl (C=O) groups is 1. The summed E-state index contributed by atoms with van der Waals surface area (Å²) >= 11 is 1.55. The Hall–Kier alpha value is -4.60. The minimum atomic E-state index is -0.909. The summed E-state index contributed by atoms with van der Waals surface area (Å²) in [5.74, 6) is 1.47. The summed E-state index contributed by atoms with van der Waals surface area (Å²) in [4.78, 5) is 30.5. The molecule has 0 fully saturated rings. The van der Waals surface area contributed by atoms with Crippen molar-refractivity contribution >= 4 is 27.7 Å². The van der Waals surface area contributed by atoms with Crippen LogP contribution >= 0.6 is 11.3 Å². The number of rotatable bonds is 12. The number of fused-ring (bicyclic) bond motifs is 1. The fourth-order valence-corrected chi connectivity index (χ4v) is 6.56. The number of benzene rings is 3. The summed E-state index contributed by atoms with van der Waals surface area (Å²) in [6.45, 7) is 3.55. The summed E-state index contributed by atoms with van der Waals surface area (Å²) in [5.41, 5.74) is 3.70. The van der Waals surface area contributed by atoms with E-state index in [0.717, 1.165) is 37.9 Å². The van der Waals surface area contributed by atoms with Gasteiger partial charge >= 0.3 is 6.16 Å². The third-order valence-corrected chi connectivity index (χ3v) is 8.64. The highest BCUT2D eigenvalue weighted by Crippen LogP contribution is 2.40. The number of para-hydroxylation sites is 1. The molecule has 0 N–H and O–H groups in total. The number of aromatic nitrogens is 1. The first-order valence-corrected chi connectivity index (χ1v) is 15.3. The molecule has 0 saturated heterocycles. The lowest BCUT2D eigenvalue weighted by Gasteiger charge is -2.18. The standard InChI is InChI=1S/C35H36N2O6S/c1-5-42-35(39)43-30-23-37(20-19-25-13-9-10-14-29(25)41-4)34-31(32(30)38)28(22-36(2)21-24-11-7-6-8-12-24)33(44-34)26-15-17-27(40-3)18-16-26/h6-18,23H,5,19-22H2,1-4H3. The molecular weight excluding hydrogens is 576 g/mol. The van der Waals surface area contributed by atoms with Crippen molar-refractivity contribution in [3.63, 3.8) is 0 Å². The van der Waals surface area contributed by atoms with Crippen molar-refractivity contribution in [1.29, 1.82) is 0 Å². The maximum absolute atomic E-state index is 14.1. The van der Waals surface area contributed by atoms with Crippen LogP contribution in [0.2, 0.25) is 0 Å². The maximum Gasteiger partial charge on any atom is 0.514 e. The maximum atomic E-state index is 14.1. The Bertz CT molecular complexity index is 1780. The number of aryl methyl sites for hydroxylation is 2. The quantitative estimate of drug-likeness (QED) is 0.138. The van der Waals surface area contributed by atoms with E-state index >= 15 is 0 Å². The van der Waals surface area contributed by atoms with Gasteiger partial charge in [0.2, 0.25) is 5.43 Å². The molecule has 0 aliphatic rings. The Kier molecular flexibility index (Phi) is 9.99. The molecule has 2 aromatic heterocycles. The Morgan fingerprint density at radius 1 is 0.886 bits per heavy atom. The van der Waals surface area contributed by atoms with Crippen LogP contribution in [0.5, 0.6) is 17.2 Å². The molecule has 5 aromatic rings. The predicted octanol–water partition coefficient (Wildman–Crippen LogP) is 7.16. The van der Waals surface area contributed by atoms with Crippen LogP contribution in [0, 0.1) is 0 Å². The van der Waals surface area contributed by atoms with Crippen LogP contribution < -0.4 is 19.6 Å². The van der Waals surface area contributed by atoms with E-state index in [1.807, 2.05) is 78.3 Å². The molecule has 0 atom stereocenters. The van der Waals surface area contributed by atoms with Crippen LogP contribution in [0.3, 0.4) is 0 Å². The number of thiophene rings is 1. The second-order valence-electron chi connectivity index (χ2n) is 10.3. The lowest BCUT2D eigenvalue weighted by atomic mass is 10.0. The van der Waals surface area contributed by atoms with Crippen LogP contribution in [0.1, 0.15) is 23.6 Å². The Balaban J connectivity index is 1.66. The summed E-state index contributed by atoms with van der Waals surface area (Å²) in [6.07, 6.45) is 1.34. The fraction of sp³-hybridized carbons (Fsp3) is 0.257. The molecule has 0 unspecified atom stereocenters. The summed E-state index contributed by atoms with van der Waals surface area (Å²) in [7, 11) is 5.33. The Labute approximate surface area is 261 Å². The molecule has 228 valence electrons. The number of ether oxygens (including phenoxy) is 4. The molecule has 0 bridgehead atoms. The van der Waals surface area contributed by atoms with Gasteiger partial charge in [0.05, 0.1) is 32.4 Å². The van der Waals surface area contributed by atoms with E-state index in [4.69, 9.17) is 18.9 Å². The molecule has 0 spiro atoms. The topological polar surface area (TPSA) is 79.2 Å². The van der Waals surface area contributed by atoms with Crippen molar-refractivity contribution in [2.24, 2.45) is 0 Å². The first-order chi connectivity index (χ1) is 21.4. The average Bonchev–Trinajstić information content (AvgIpc) is 3.41. The van der Waals surface area contributed by atoms with Crippen molar-refractivity contribution in [3.8, 4) is 27.7 Å². The van der Waals surface area contributed by atoms with E-state index in [2.05, 4.69) is 17.0 Å². The number of carbonyl (C=O) groups excluding carboxylic acids is 1. The van der Waals surface area contributed by atoms with Crippen LogP contribution in [0.25, 0.3) is 20.7 Å². The highest BCUT2D eigenvalue weighted by molar-refractivity contribution is 7.22. The highest BCUT2D eigenvalue weighted by Gasteiger charge is 2.24. The first-order valence-electron chi connectivity index (χ1n) is 14.4. The van der Waals surface area contributed by atoms with Crippen molar-refractivity contribution in [1.82, 2.24) is 9.47 Å². The second kappa shape index (κ2) is 14.2. The highest BCUT2D eigenvalue weighted by atomic mass is 32.1. The molecular formula is C35H36N2O6S. The van der Waals surface area contributed by atoms with Gasteiger partial charge in [-0.05, 0) is 73.0 Å². The number of nitrogens with zero attached hydrogens (tertiary/aromatic N) is 2. The zero-order valence-corrected chi connectivity index (χ0v) is 26.2. The first kappa shape index (κ1) is 30.8. The average molecular weight is 613 g/mol. The molecule has 0 radical (unpaired) electrons. The second-order valence-corrected chi connectivity index (χ2v) is 11.3. The fourth-order valence-electron chi connectivity index (χ4n) is 5.24. The lowest BCUT2D eigenvalue weighted by molar-refractivity contribution is 0.104. The molecule has 8 nitrogen and oxygen atoms in total. The molecule has 0 amide bonds. The van der Waals surface area contributed by atoms with Crippen LogP contribution in [-0.2, 0) is 30.8 Å². The van der Waals surface area contributed by atoms with Crippen molar-refractivity contribution < 1.29 is 23.7 Å². The van der Waals surface area contributed by atoms with E-state index in [-0.39, 0.29) is 17.8 Å². The van der Waals surface area contributed by atoms with Gasteiger partial charge in [-0.1, -0.05) is 48.5 Å². The summed E-state index contributed by atoms with van der Waals surface area (Å²) < 4.78 is 23.5. The Morgan fingerprint density at radius 2 is 1.61 bits per heavy atom. The number of methoxy groups -OCH3 is 2. The van der Waals surface area contributed by atoms with Gasteiger partial charge in [0.1, 0.15) is 16.3 Å².